The minimum atomic E-state index is -0.355. The maximum absolute atomic E-state index is 13.1. The molecule has 154 valence electrons. The zero-order chi connectivity index (χ0) is 20.6. The Morgan fingerprint density at radius 2 is 2.00 bits per heavy atom. The Hall–Kier alpha value is -1.36. The van der Waals surface area contributed by atoms with E-state index < -0.39 is 0 Å². The molecule has 4 rings (SSSR count). The molecule has 0 spiro atoms. The molecule has 2 aromatic rings. The molecule has 0 aromatic heterocycles. The van der Waals surface area contributed by atoms with Gasteiger partial charge < -0.3 is 10.1 Å². The van der Waals surface area contributed by atoms with Crippen LogP contribution in [0.4, 0.5) is 0 Å². The number of benzene rings is 2. The number of amides is 1. The molecule has 1 amide bonds. The van der Waals surface area contributed by atoms with Crippen molar-refractivity contribution in [3.8, 4) is 0 Å². The second-order valence-electron chi connectivity index (χ2n) is 8.80. The molecule has 0 unspecified atom stereocenters. The molecule has 5 atom stereocenters. The minimum Gasteiger partial charge on any atom is -0.370 e. The molecule has 1 saturated carbocycles. The lowest BCUT2D eigenvalue weighted by atomic mass is 9.66. The summed E-state index contributed by atoms with van der Waals surface area (Å²) in [5.74, 6) is 0.894. The van der Waals surface area contributed by atoms with Crippen molar-refractivity contribution in [3.63, 3.8) is 0 Å². The summed E-state index contributed by atoms with van der Waals surface area (Å²) in [6, 6.07) is 15.4. The van der Waals surface area contributed by atoms with Gasteiger partial charge in [0.05, 0.1) is 12.2 Å². The molecule has 5 heteroatoms. The van der Waals surface area contributed by atoms with Gasteiger partial charge >= 0.3 is 0 Å². The van der Waals surface area contributed by atoms with Gasteiger partial charge in [-0.05, 0) is 55.5 Å². The van der Waals surface area contributed by atoms with Crippen molar-refractivity contribution < 1.29 is 9.53 Å². The van der Waals surface area contributed by atoms with Crippen LogP contribution in [0, 0.1) is 11.8 Å². The van der Waals surface area contributed by atoms with Crippen LogP contribution in [0.15, 0.2) is 53.0 Å². The maximum atomic E-state index is 13.1. The molecule has 2 fully saturated rings. The van der Waals surface area contributed by atoms with Gasteiger partial charge in [0, 0.05) is 32.9 Å². The van der Waals surface area contributed by atoms with Gasteiger partial charge in [0.15, 0.2) is 0 Å². The van der Waals surface area contributed by atoms with E-state index in [9.17, 15) is 4.79 Å². The van der Waals surface area contributed by atoms with Crippen LogP contribution in [0.1, 0.15) is 61.6 Å². The van der Waals surface area contributed by atoms with Gasteiger partial charge in [-0.3, -0.25) is 4.79 Å². The normalized spacial score (nSPS) is 31.7. The Balaban J connectivity index is 1.64. The molecule has 1 N–H and O–H groups in total. The fourth-order valence-corrected chi connectivity index (χ4v) is 5.68. The van der Waals surface area contributed by atoms with E-state index in [4.69, 9.17) is 16.3 Å². The number of hydrogen-bond acceptors (Lipinski definition) is 2. The highest BCUT2D eigenvalue weighted by Gasteiger charge is 2.49. The maximum Gasteiger partial charge on any atom is 0.251 e. The first kappa shape index (κ1) is 20.9. The van der Waals surface area contributed by atoms with E-state index >= 15 is 0 Å². The molecule has 1 aliphatic heterocycles. The van der Waals surface area contributed by atoms with Gasteiger partial charge in [-0.2, -0.15) is 0 Å². The largest absolute Gasteiger partial charge is 0.370 e. The van der Waals surface area contributed by atoms with E-state index in [1.165, 1.54) is 6.42 Å². The first-order valence-corrected chi connectivity index (χ1v) is 11.5. The molecule has 1 heterocycles. The standard InChI is InChI=1S/C24H27BrClNO2/c1-15-10-11-19-21(12-15)29-22(18-8-3-4-9-20(18)26)14-24(19,2)27-23(28)16-6-5-7-17(25)13-16/h3-9,13,15,19,21-22H,10-12,14H2,1-2H3,(H,27,28)/t15-,19-,21-,22-,24-/m0/s1. The van der Waals surface area contributed by atoms with Crippen LogP contribution in [-0.2, 0) is 4.74 Å². The second-order valence-corrected chi connectivity index (χ2v) is 10.1. The number of fused-ring (bicyclic) bond motifs is 1. The van der Waals surface area contributed by atoms with E-state index in [1.807, 2.05) is 48.5 Å². The quantitative estimate of drug-likeness (QED) is 0.545. The number of hydrogen-bond donors (Lipinski definition) is 1. The van der Waals surface area contributed by atoms with E-state index in [1.54, 1.807) is 0 Å². The van der Waals surface area contributed by atoms with E-state index in [2.05, 4.69) is 35.1 Å². The Bertz CT molecular complexity index is 904. The number of nitrogens with one attached hydrogen (secondary N) is 1. The van der Waals surface area contributed by atoms with Crippen molar-refractivity contribution in [1.82, 2.24) is 5.32 Å². The van der Waals surface area contributed by atoms with E-state index in [0.29, 0.717) is 23.8 Å². The van der Waals surface area contributed by atoms with Crippen molar-refractivity contribution in [3.05, 3.63) is 69.2 Å². The van der Waals surface area contributed by atoms with Gasteiger partial charge in [0.1, 0.15) is 0 Å². The van der Waals surface area contributed by atoms with Gasteiger partial charge in [-0.1, -0.05) is 65.1 Å². The third-order valence-corrected chi connectivity index (χ3v) is 7.40. The topological polar surface area (TPSA) is 38.3 Å². The van der Waals surface area contributed by atoms with Crippen LogP contribution in [0.3, 0.4) is 0 Å². The minimum absolute atomic E-state index is 0.0361. The lowest BCUT2D eigenvalue weighted by molar-refractivity contribution is -0.144. The Kier molecular flexibility index (Phi) is 6.06. The zero-order valence-corrected chi connectivity index (χ0v) is 19.2. The average Bonchev–Trinajstić information content (AvgIpc) is 2.67. The Labute approximate surface area is 186 Å². The van der Waals surface area contributed by atoms with Crippen molar-refractivity contribution in [1.29, 1.82) is 0 Å². The number of halogens is 2. The number of carbonyl (C=O) groups excluding carboxylic acids is 1. The number of ether oxygens (including phenoxy) is 1. The van der Waals surface area contributed by atoms with Crippen LogP contribution in [0.2, 0.25) is 5.02 Å². The molecule has 1 saturated heterocycles. The Morgan fingerprint density at radius 3 is 2.76 bits per heavy atom. The summed E-state index contributed by atoms with van der Waals surface area (Å²) in [6.45, 7) is 4.47. The summed E-state index contributed by atoms with van der Waals surface area (Å²) in [7, 11) is 0. The highest BCUT2D eigenvalue weighted by Crippen LogP contribution is 2.48. The molecule has 29 heavy (non-hydrogen) atoms. The second kappa shape index (κ2) is 8.41. The first-order chi connectivity index (χ1) is 13.9. The lowest BCUT2D eigenvalue weighted by Gasteiger charge is -2.52. The van der Waals surface area contributed by atoms with E-state index in [0.717, 1.165) is 27.9 Å². The van der Waals surface area contributed by atoms with Crippen LogP contribution < -0.4 is 5.32 Å². The van der Waals surface area contributed by atoms with Gasteiger partial charge in [-0.25, -0.2) is 0 Å². The molecule has 0 radical (unpaired) electrons. The predicted octanol–water partition coefficient (Wildman–Crippen LogP) is 6.56. The van der Waals surface area contributed by atoms with Crippen molar-refractivity contribution in [2.45, 2.75) is 57.3 Å². The van der Waals surface area contributed by atoms with Gasteiger partial charge in [0.2, 0.25) is 0 Å². The SMILES string of the molecule is C[C@H]1CC[C@H]2[C@H](C1)O[C@H](c1ccccc1Cl)C[C@]2(C)NC(=O)c1cccc(Br)c1. The smallest absolute Gasteiger partial charge is 0.251 e. The third-order valence-electron chi connectivity index (χ3n) is 6.56. The van der Waals surface area contributed by atoms with Gasteiger partial charge in [-0.15, -0.1) is 0 Å². The fraction of sp³-hybridized carbons (Fsp3) is 0.458. The molecule has 2 aliphatic rings. The van der Waals surface area contributed by atoms with Crippen molar-refractivity contribution in [2.75, 3.05) is 0 Å². The molecular weight excluding hydrogens is 450 g/mol. The predicted molar refractivity (Wildman–Crippen MR) is 120 cm³/mol. The molecule has 1 aliphatic carbocycles. The number of rotatable bonds is 3. The summed E-state index contributed by atoms with van der Waals surface area (Å²) < 4.78 is 7.49. The monoisotopic (exact) mass is 475 g/mol. The zero-order valence-electron chi connectivity index (χ0n) is 16.8. The fourth-order valence-electron chi connectivity index (χ4n) is 5.03. The summed E-state index contributed by atoms with van der Waals surface area (Å²) in [6.07, 6.45) is 3.98. The highest BCUT2D eigenvalue weighted by molar-refractivity contribution is 9.10. The summed E-state index contributed by atoms with van der Waals surface area (Å²) in [4.78, 5) is 13.1. The summed E-state index contributed by atoms with van der Waals surface area (Å²) >= 11 is 9.97. The highest BCUT2D eigenvalue weighted by atomic mass is 79.9. The molecule has 3 nitrogen and oxygen atoms in total. The first-order valence-electron chi connectivity index (χ1n) is 10.3. The summed E-state index contributed by atoms with van der Waals surface area (Å²) in [5.41, 5.74) is 1.32. The van der Waals surface area contributed by atoms with Crippen molar-refractivity contribution in [2.24, 2.45) is 11.8 Å². The van der Waals surface area contributed by atoms with Crippen LogP contribution in [0.25, 0.3) is 0 Å². The summed E-state index contributed by atoms with van der Waals surface area (Å²) in [5, 5.41) is 4.11. The molecule has 2 aromatic carbocycles. The number of carbonyl (C=O) groups is 1. The van der Waals surface area contributed by atoms with E-state index in [-0.39, 0.29) is 23.7 Å². The average molecular weight is 477 g/mol. The van der Waals surface area contributed by atoms with Crippen LogP contribution in [0.5, 0.6) is 0 Å². The Morgan fingerprint density at radius 1 is 1.21 bits per heavy atom. The van der Waals surface area contributed by atoms with Crippen LogP contribution in [-0.4, -0.2) is 17.6 Å². The van der Waals surface area contributed by atoms with Crippen LogP contribution >= 0.6 is 27.5 Å². The molecule has 0 bridgehead atoms. The van der Waals surface area contributed by atoms with Crippen molar-refractivity contribution >= 4 is 33.4 Å². The molecular formula is C24H27BrClNO2. The lowest BCUT2D eigenvalue weighted by Crippen LogP contribution is -2.60. The van der Waals surface area contributed by atoms with Gasteiger partial charge in [0.25, 0.3) is 5.91 Å². The third kappa shape index (κ3) is 4.40.